The van der Waals surface area contributed by atoms with Crippen LogP contribution >= 0.6 is 11.6 Å². The third kappa shape index (κ3) is 5.25. The first-order chi connectivity index (χ1) is 17.6. The quantitative estimate of drug-likeness (QED) is 0.321. The molecule has 0 spiro atoms. The van der Waals surface area contributed by atoms with Gasteiger partial charge in [0.05, 0.1) is 11.9 Å². The number of aromatic nitrogens is 2. The van der Waals surface area contributed by atoms with Crippen LogP contribution in [-0.4, -0.2) is 34.6 Å². The molecule has 1 amide bonds. The van der Waals surface area contributed by atoms with Crippen molar-refractivity contribution in [3.63, 3.8) is 0 Å². The van der Waals surface area contributed by atoms with Crippen LogP contribution in [0.5, 0.6) is 0 Å². The van der Waals surface area contributed by atoms with Crippen LogP contribution in [0.1, 0.15) is 36.9 Å². The van der Waals surface area contributed by atoms with E-state index in [-0.39, 0.29) is 23.5 Å². The van der Waals surface area contributed by atoms with Crippen LogP contribution in [0.3, 0.4) is 0 Å². The highest BCUT2D eigenvalue weighted by atomic mass is 35.5. The number of hydrogen-bond acceptors (Lipinski definition) is 3. The number of carbonyl (C=O) groups is 1. The number of carbonyl (C=O) groups excluding carboxylic acids is 1. The predicted molar refractivity (Wildman–Crippen MR) is 141 cm³/mol. The van der Waals surface area contributed by atoms with E-state index in [4.69, 9.17) is 11.6 Å². The standard InChI is InChI=1S/C28H28ClF3N4O/c1-35-16-17(21-5-3-4-6-24(21)35)13-27(37)33-19-8-10-20(11-9-19)36(2)25-15-26(28(30,31)32)34-23-12-7-18(29)14-22(23)25/h3-7,12,14-16,19-20H,8-11,13H2,1-2H3,(H,33,37)/t19-,20+. The first kappa shape index (κ1) is 25.4. The summed E-state index contributed by atoms with van der Waals surface area (Å²) in [6, 6.07) is 13.9. The summed E-state index contributed by atoms with van der Waals surface area (Å²) in [6.45, 7) is 0. The number of amides is 1. The molecule has 0 radical (unpaired) electrons. The Balaban J connectivity index is 1.26. The van der Waals surface area contributed by atoms with E-state index in [0.29, 0.717) is 22.5 Å². The Morgan fingerprint density at radius 1 is 1.11 bits per heavy atom. The van der Waals surface area contributed by atoms with Crippen LogP contribution in [0.25, 0.3) is 21.8 Å². The number of pyridine rings is 1. The Hall–Kier alpha value is -3.26. The largest absolute Gasteiger partial charge is 0.433 e. The van der Waals surface area contributed by atoms with Gasteiger partial charge in [0.25, 0.3) is 0 Å². The van der Waals surface area contributed by atoms with Gasteiger partial charge in [0.2, 0.25) is 5.91 Å². The molecule has 2 heterocycles. The van der Waals surface area contributed by atoms with E-state index in [1.807, 2.05) is 54.0 Å². The maximum absolute atomic E-state index is 13.5. The molecular formula is C28H28ClF3N4O. The zero-order chi connectivity index (χ0) is 26.3. The van der Waals surface area contributed by atoms with Gasteiger partial charge in [-0.05, 0) is 61.6 Å². The van der Waals surface area contributed by atoms with E-state index >= 15 is 0 Å². The maximum Gasteiger partial charge on any atom is 0.433 e. The second kappa shape index (κ2) is 9.89. The Kier molecular flexibility index (Phi) is 6.79. The lowest BCUT2D eigenvalue weighted by Crippen LogP contribution is -2.43. The van der Waals surface area contributed by atoms with Crippen molar-refractivity contribution in [3.8, 4) is 0 Å². The van der Waals surface area contributed by atoms with Crippen molar-refractivity contribution in [3.05, 3.63) is 71.0 Å². The highest BCUT2D eigenvalue weighted by Crippen LogP contribution is 2.37. The van der Waals surface area contributed by atoms with Crippen LogP contribution < -0.4 is 10.2 Å². The van der Waals surface area contributed by atoms with E-state index in [1.165, 1.54) is 6.07 Å². The number of nitrogens with zero attached hydrogens (tertiary/aromatic N) is 3. The average Bonchev–Trinajstić information content (AvgIpc) is 3.18. The second-order valence-corrected chi connectivity index (χ2v) is 10.3. The van der Waals surface area contributed by atoms with Crippen molar-refractivity contribution < 1.29 is 18.0 Å². The van der Waals surface area contributed by atoms with Crippen molar-refractivity contribution in [1.29, 1.82) is 0 Å². The van der Waals surface area contributed by atoms with Crippen molar-refractivity contribution in [2.24, 2.45) is 7.05 Å². The van der Waals surface area contributed by atoms with E-state index in [9.17, 15) is 18.0 Å². The number of fused-ring (bicyclic) bond motifs is 2. The van der Waals surface area contributed by atoms with Crippen LogP contribution in [0.15, 0.2) is 54.7 Å². The van der Waals surface area contributed by atoms with E-state index in [1.54, 1.807) is 12.1 Å². The van der Waals surface area contributed by atoms with Crippen molar-refractivity contribution in [2.45, 2.75) is 50.4 Å². The van der Waals surface area contributed by atoms with Crippen molar-refractivity contribution in [2.75, 3.05) is 11.9 Å². The molecule has 0 atom stereocenters. The summed E-state index contributed by atoms with van der Waals surface area (Å²) in [5, 5.41) is 5.28. The number of para-hydroxylation sites is 1. The number of anilines is 1. The van der Waals surface area contributed by atoms with Gasteiger partial charge in [0, 0.05) is 59.4 Å². The van der Waals surface area contributed by atoms with Gasteiger partial charge in [-0.1, -0.05) is 29.8 Å². The SMILES string of the molecule is Cn1cc(CC(=O)N[C@H]2CC[C@@H](N(C)c3cc(C(F)(F)F)nc4ccc(Cl)cc34)CC2)c2ccccc21. The van der Waals surface area contributed by atoms with Gasteiger partial charge >= 0.3 is 6.18 Å². The molecule has 0 unspecified atom stereocenters. The van der Waals surface area contributed by atoms with Gasteiger partial charge in [0.15, 0.2) is 0 Å². The lowest BCUT2D eigenvalue weighted by Gasteiger charge is -2.37. The lowest BCUT2D eigenvalue weighted by molar-refractivity contribution is -0.140. The molecule has 1 aliphatic rings. The molecule has 1 saturated carbocycles. The molecule has 2 aromatic carbocycles. The van der Waals surface area contributed by atoms with Gasteiger partial charge in [-0.2, -0.15) is 13.2 Å². The molecule has 0 saturated heterocycles. The van der Waals surface area contributed by atoms with E-state index in [0.717, 1.165) is 48.2 Å². The first-order valence-electron chi connectivity index (χ1n) is 12.3. The summed E-state index contributed by atoms with van der Waals surface area (Å²) in [5.74, 6) is -0.0160. The molecule has 4 aromatic rings. The highest BCUT2D eigenvalue weighted by Gasteiger charge is 2.35. The first-order valence-corrected chi connectivity index (χ1v) is 12.7. The molecule has 9 heteroatoms. The molecule has 1 aliphatic carbocycles. The lowest BCUT2D eigenvalue weighted by atomic mass is 9.89. The molecule has 0 bridgehead atoms. The van der Waals surface area contributed by atoms with Crippen LogP contribution in [0.4, 0.5) is 18.9 Å². The van der Waals surface area contributed by atoms with E-state index < -0.39 is 11.9 Å². The van der Waals surface area contributed by atoms with Crippen LogP contribution in [0.2, 0.25) is 5.02 Å². The second-order valence-electron chi connectivity index (χ2n) is 9.83. The Morgan fingerprint density at radius 3 is 2.57 bits per heavy atom. The minimum absolute atomic E-state index is 0.0160. The van der Waals surface area contributed by atoms with Gasteiger partial charge in [-0.25, -0.2) is 4.98 Å². The topological polar surface area (TPSA) is 50.2 Å². The number of hydrogen-bond donors (Lipinski definition) is 1. The van der Waals surface area contributed by atoms with Crippen LogP contribution in [-0.2, 0) is 24.4 Å². The summed E-state index contributed by atoms with van der Waals surface area (Å²) in [4.78, 5) is 18.5. The maximum atomic E-state index is 13.5. The minimum atomic E-state index is -4.55. The summed E-state index contributed by atoms with van der Waals surface area (Å²) < 4.78 is 42.7. The Morgan fingerprint density at radius 2 is 1.84 bits per heavy atom. The number of nitrogens with one attached hydrogen (secondary N) is 1. The molecule has 1 fully saturated rings. The summed E-state index contributed by atoms with van der Waals surface area (Å²) >= 11 is 6.16. The number of benzene rings is 2. The van der Waals surface area contributed by atoms with E-state index in [2.05, 4.69) is 10.3 Å². The van der Waals surface area contributed by atoms with Gasteiger partial charge in [-0.15, -0.1) is 0 Å². The highest BCUT2D eigenvalue weighted by molar-refractivity contribution is 6.31. The Bertz CT molecular complexity index is 1460. The Labute approximate surface area is 218 Å². The van der Waals surface area contributed by atoms with Crippen molar-refractivity contribution >= 4 is 45.0 Å². The monoisotopic (exact) mass is 528 g/mol. The molecule has 37 heavy (non-hydrogen) atoms. The fourth-order valence-corrected chi connectivity index (χ4v) is 5.61. The van der Waals surface area contributed by atoms with Gasteiger partial charge < -0.3 is 14.8 Å². The van der Waals surface area contributed by atoms with Crippen molar-refractivity contribution in [1.82, 2.24) is 14.9 Å². The van der Waals surface area contributed by atoms with Gasteiger partial charge in [0.1, 0.15) is 5.69 Å². The third-order valence-corrected chi connectivity index (χ3v) is 7.59. The number of aryl methyl sites for hydroxylation is 1. The molecule has 2 aromatic heterocycles. The summed E-state index contributed by atoms with van der Waals surface area (Å²) in [5.41, 5.74) is 1.89. The number of alkyl halides is 3. The molecular weight excluding hydrogens is 501 g/mol. The molecule has 5 rings (SSSR count). The van der Waals surface area contributed by atoms with Crippen LogP contribution in [0, 0.1) is 0 Å². The number of halogens is 4. The minimum Gasteiger partial charge on any atom is -0.371 e. The summed E-state index contributed by atoms with van der Waals surface area (Å²) in [6.07, 6.45) is 0.776. The number of rotatable bonds is 5. The molecule has 1 N–H and O–H groups in total. The third-order valence-electron chi connectivity index (χ3n) is 7.36. The summed E-state index contributed by atoms with van der Waals surface area (Å²) in [7, 11) is 3.79. The zero-order valence-electron chi connectivity index (χ0n) is 20.6. The smallest absolute Gasteiger partial charge is 0.371 e. The molecule has 0 aliphatic heterocycles. The molecule has 194 valence electrons. The normalized spacial score (nSPS) is 18.3. The molecule has 5 nitrogen and oxygen atoms in total. The predicted octanol–water partition coefficient (Wildman–Crippen LogP) is 6.51. The fraction of sp³-hybridized carbons (Fsp3) is 0.357. The fourth-order valence-electron chi connectivity index (χ4n) is 5.44. The van der Waals surface area contributed by atoms with Gasteiger partial charge in [-0.3, -0.25) is 4.79 Å². The zero-order valence-corrected chi connectivity index (χ0v) is 21.4. The average molecular weight is 529 g/mol.